The lowest BCUT2D eigenvalue weighted by atomic mass is 10.0. The van der Waals surface area contributed by atoms with E-state index >= 15 is 0 Å². The fraction of sp³-hybridized carbons (Fsp3) is 0.0400. The van der Waals surface area contributed by atoms with Crippen LogP contribution in [0.3, 0.4) is 0 Å². The molecule has 0 amide bonds. The van der Waals surface area contributed by atoms with E-state index < -0.39 is 0 Å². The highest BCUT2D eigenvalue weighted by Crippen LogP contribution is 2.25. The van der Waals surface area contributed by atoms with Crippen LogP contribution < -0.4 is 10.2 Å². The molecule has 2 rings (SSSR count). The first-order valence-electron chi connectivity index (χ1n) is 8.78. The standard InChI is InChI=1S/C25H20N2O2/c1-5-9-11-20(8-4)29-21-14-12-19(13-15-21)25-22(17-26)24(28)16-23(27-25)18(7-3)10-6-2/h1,6-16H,2-3H2,4H3,(H,27,28)/b11-9-,18-10+,20-8+. The van der Waals surface area contributed by atoms with Gasteiger partial charge in [-0.1, -0.05) is 37.3 Å². The second-order valence-electron chi connectivity index (χ2n) is 5.79. The molecule has 0 radical (unpaired) electrons. The Morgan fingerprint density at radius 1 is 1.28 bits per heavy atom. The molecule has 0 spiro atoms. The van der Waals surface area contributed by atoms with Crippen LogP contribution in [0.1, 0.15) is 18.2 Å². The Morgan fingerprint density at radius 3 is 2.55 bits per heavy atom. The zero-order chi connectivity index (χ0) is 21.2. The van der Waals surface area contributed by atoms with Crippen LogP contribution in [-0.2, 0) is 0 Å². The molecule has 1 aromatic heterocycles. The van der Waals surface area contributed by atoms with Crippen molar-refractivity contribution in [2.24, 2.45) is 0 Å². The number of nitriles is 1. The maximum absolute atomic E-state index is 12.5. The molecule has 1 aromatic carbocycles. The third kappa shape index (κ3) is 5.13. The summed E-state index contributed by atoms with van der Waals surface area (Å²) in [6.45, 7) is 9.26. The third-order valence-corrected chi connectivity index (χ3v) is 3.98. The molecule has 0 bridgehead atoms. The molecule has 4 nitrogen and oxygen atoms in total. The van der Waals surface area contributed by atoms with Crippen LogP contribution >= 0.6 is 0 Å². The van der Waals surface area contributed by atoms with Crippen molar-refractivity contribution < 1.29 is 4.74 Å². The van der Waals surface area contributed by atoms with Gasteiger partial charge in [0.25, 0.3) is 0 Å². The topological polar surface area (TPSA) is 65.9 Å². The molecule has 1 heterocycles. The SMILES string of the molecule is C#C/C=C\C(=C/C)Oc1ccc(-c2[nH]c(/C(C=C)=C/C=C)cc(=O)c2C#N)cc1. The fourth-order valence-corrected chi connectivity index (χ4v) is 2.58. The third-order valence-electron chi connectivity index (χ3n) is 3.98. The van der Waals surface area contributed by atoms with E-state index in [0.717, 1.165) is 0 Å². The van der Waals surface area contributed by atoms with Crippen LogP contribution in [0.25, 0.3) is 16.8 Å². The lowest BCUT2D eigenvalue weighted by Crippen LogP contribution is -2.10. The molecule has 0 saturated carbocycles. The molecule has 0 aliphatic rings. The van der Waals surface area contributed by atoms with Gasteiger partial charge in [-0.25, -0.2) is 0 Å². The minimum absolute atomic E-state index is 0.0375. The Bertz CT molecular complexity index is 1150. The zero-order valence-corrected chi connectivity index (χ0v) is 16.1. The van der Waals surface area contributed by atoms with Gasteiger partial charge in [-0.15, -0.1) is 6.42 Å². The van der Waals surface area contributed by atoms with E-state index in [2.05, 4.69) is 24.1 Å². The van der Waals surface area contributed by atoms with Crippen LogP contribution in [-0.4, -0.2) is 4.98 Å². The number of nitrogens with zero attached hydrogens (tertiary/aromatic N) is 1. The first-order valence-corrected chi connectivity index (χ1v) is 8.78. The van der Waals surface area contributed by atoms with Crippen molar-refractivity contribution in [3.8, 4) is 35.4 Å². The van der Waals surface area contributed by atoms with Crippen molar-refractivity contribution in [1.29, 1.82) is 5.26 Å². The molecule has 142 valence electrons. The number of H-pyrrole nitrogens is 1. The summed E-state index contributed by atoms with van der Waals surface area (Å²) in [5.41, 5.74) is 2.02. The second kappa shape index (κ2) is 10.2. The highest BCUT2D eigenvalue weighted by atomic mass is 16.5. The summed E-state index contributed by atoms with van der Waals surface area (Å²) >= 11 is 0. The van der Waals surface area contributed by atoms with E-state index in [1.165, 1.54) is 6.07 Å². The Morgan fingerprint density at radius 2 is 2.00 bits per heavy atom. The molecule has 0 fully saturated rings. The summed E-state index contributed by atoms with van der Waals surface area (Å²) in [6.07, 6.45) is 15.2. The maximum Gasteiger partial charge on any atom is 0.200 e. The van der Waals surface area contributed by atoms with Gasteiger partial charge in [0.05, 0.1) is 5.69 Å². The van der Waals surface area contributed by atoms with E-state index in [4.69, 9.17) is 11.2 Å². The summed E-state index contributed by atoms with van der Waals surface area (Å²) in [5.74, 6) is 3.61. The van der Waals surface area contributed by atoms with Crippen molar-refractivity contribution in [3.63, 3.8) is 0 Å². The van der Waals surface area contributed by atoms with Crippen LogP contribution in [0, 0.1) is 23.7 Å². The van der Waals surface area contributed by atoms with Gasteiger partial charge in [-0.3, -0.25) is 4.79 Å². The van der Waals surface area contributed by atoms with Crippen LogP contribution in [0.15, 0.2) is 90.5 Å². The number of ether oxygens (including phenoxy) is 1. The van der Waals surface area contributed by atoms with Crippen molar-refractivity contribution in [2.75, 3.05) is 0 Å². The van der Waals surface area contributed by atoms with Crippen molar-refractivity contribution >= 4 is 5.57 Å². The predicted octanol–water partition coefficient (Wildman–Crippen LogP) is 5.14. The average Bonchev–Trinajstić information content (AvgIpc) is 2.74. The molecule has 0 unspecified atom stereocenters. The summed E-state index contributed by atoms with van der Waals surface area (Å²) in [6, 6.07) is 10.4. The van der Waals surface area contributed by atoms with Crippen molar-refractivity contribution in [3.05, 3.63) is 107 Å². The average molecular weight is 380 g/mol. The largest absolute Gasteiger partial charge is 0.458 e. The van der Waals surface area contributed by atoms with Gasteiger partial charge in [0.15, 0.2) is 0 Å². The van der Waals surface area contributed by atoms with E-state index in [1.54, 1.807) is 60.7 Å². The number of rotatable bonds is 7. The number of pyridine rings is 1. The lowest BCUT2D eigenvalue weighted by Gasteiger charge is -2.11. The van der Waals surface area contributed by atoms with Crippen molar-refractivity contribution in [1.82, 2.24) is 4.98 Å². The number of benzene rings is 1. The number of aromatic nitrogens is 1. The summed E-state index contributed by atoms with van der Waals surface area (Å²) in [7, 11) is 0. The van der Waals surface area contributed by atoms with Gasteiger partial charge in [0.1, 0.15) is 23.1 Å². The molecular weight excluding hydrogens is 360 g/mol. The molecule has 2 aromatic rings. The Balaban J connectivity index is 2.49. The monoisotopic (exact) mass is 380 g/mol. The number of aromatic amines is 1. The van der Waals surface area contributed by atoms with Crippen LogP contribution in [0.2, 0.25) is 0 Å². The normalized spacial score (nSPS) is 11.6. The van der Waals surface area contributed by atoms with Gasteiger partial charge in [0.2, 0.25) is 5.43 Å². The molecule has 29 heavy (non-hydrogen) atoms. The van der Waals surface area contributed by atoms with E-state index in [-0.39, 0.29) is 11.0 Å². The van der Waals surface area contributed by atoms with Gasteiger partial charge >= 0.3 is 0 Å². The van der Waals surface area contributed by atoms with E-state index in [9.17, 15) is 10.1 Å². The molecule has 1 N–H and O–H groups in total. The number of allylic oxidation sites excluding steroid dienone is 7. The molecular formula is C25H20N2O2. The van der Waals surface area contributed by atoms with E-state index in [1.807, 2.05) is 13.0 Å². The van der Waals surface area contributed by atoms with Gasteiger partial charge in [-0.05, 0) is 60.6 Å². The molecule has 4 heteroatoms. The molecule has 0 aliphatic heterocycles. The maximum atomic E-state index is 12.5. The van der Waals surface area contributed by atoms with Gasteiger partial charge in [-0.2, -0.15) is 5.26 Å². The molecule has 0 aliphatic carbocycles. The summed E-state index contributed by atoms with van der Waals surface area (Å²) in [5, 5.41) is 9.46. The Kier molecular flexibility index (Phi) is 7.36. The Labute approximate surface area is 170 Å². The Hall–Kier alpha value is -4.28. The zero-order valence-electron chi connectivity index (χ0n) is 16.1. The summed E-state index contributed by atoms with van der Waals surface area (Å²) < 4.78 is 5.76. The van der Waals surface area contributed by atoms with Crippen LogP contribution in [0.4, 0.5) is 0 Å². The smallest absolute Gasteiger partial charge is 0.200 e. The van der Waals surface area contributed by atoms with Gasteiger partial charge < -0.3 is 9.72 Å². The lowest BCUT2D eigenvalue weighted by molar-refractivity contribution is 0.443. The minimum atomic E-state index is -0.371. The van der Waals surface area contributed by atoms with Gasteiger partial charge in [0, 0.05) is 11.8 Å². The number of terminal acetylenes is 1. The second-order valence-corrected chi connectivity index (χ2v) is 5.79. The van der Waals surface area contributed by atoms with Crippen LogP contribution in [0.5, 0.6) is 5.75 Å². The predicted molar refractivity (Wildman–Crippen MR) is 118 cm³/mol. The molecule has 0 saturated heterocycles. The quantitative estimate of drug-likeness (QED) is 0.411. The van der Waals surface area contributed by atoms with E-state index in [0.29, 0.717) is 34.0 Å². The molecule has 0 atom stereocenters. The fourth-order valence-electron chi connectivity index (χ4n) is 2.58. The first kappa shape index (κ1) is 21.0. The highest BCUT2D eigenvalue weighted by Gasteiger charge is 2.13. The number of hydrogen-bond acceptors (Lipinski definition) is 3. The highest BCUT2D eigenvalue weighted by molar-refractivity contribution is 5.76. The number of hydrogen-bond donors (Lipinski definition) is 1. The van der Waals surface area contributed by atoms with Crippen molar-refractivity contribution in [2.45, 2.75) is 6.92 Å². The first-order chi connectivity index (χ1) is 14.1. The number of nitrogens with one attached hydrogen (secondary N) is 1. The summed E-state index contributed by atoms with van der Waals surface area (Å²) in [4.78, 5) is 15.6. The minimum Gasteiger partial charge on any atom is -0.458 e.